The van der Waals surface area contributed by atoms with Crippen LogP contribution < -0.4 is 11.1 Å². The van der Waals surface area contributed by atoms with E-state index in [1.165, 1.54) is 23.0 Å². The number of aromatic nitrogens is 2. The number of nitrogen functional groups attached to an aromatic ring is 1. The molecule has 0 radical (unpaired) electrons. The average Bonchev–Trinajstić information content (AvgIpc) is 3.02. The Labute approximate surface area is 154 Å². The topological polar surface area (TPSA) is 96.7 Å². The van der Waals surface area contributed by atoms with E-state index >= 15 is 0 Å². The summed E-state index contributed by atoms with van der Waals surface area (Å²) in [6, 6.07) is 4.56. The van der Waals surface area contributed by atoms with E-state index in [1.807, 2.05) is 0 Å². The summed E-state index contributed by atoms with van der Waals surface area (Å²) in [5, 5.41) is 15.3. The number of anilines is 2. The number of alkyl halides is 3. The Kier molecular flexibility index (Phi) is 6.23. The lowest BCUT2D eigenvalue weighted by Crippen LogP contribution is -2.27. The lowest BCUT2D eigenvalue weighted by atomic mass is 10.0. The highest BCUT2D eigenvalue weighted by atomic mass is 19.4. The molecule has 1 unspecified atom stereocenters. The van der Waals surface area contributed by atoms with E-state index < -0.39 is 29.1 Å². The minimum Gasteiger partial charge on any atom is -0.396 e. The van der Waals surface area contributed by atoms with Crippen molar-refractivity contribution in [2.45, 2.75) is 25.6 Å². The molecule has 27 heavy (non-hydrogen) atoms. The Balaban J connectivity index is 2.21. The zero-order chi connectivity index (χ0) is 20.0. The molecule has 9 heteroatoms. The van der Waals surface area contributed by atoms with Crippen molar-refractivity contribution in [1.82, 2.24) is 9.78 Å². The third-order valence-corrected chi connectivity index (χ3v) is 3.86. The van der Waals surface area contributed by atoms with Crippen molar-refractivity contribution in [3.05, 3.63) is 54.4 Å². The summed E-state index contributed by atoms with van der Waals surface area (Å²) < 4.78 is 40.7. The first-order valence-corrected chi connectivity index (χ1v) is 8.05. The van der Waals surface area contributed by atoms with Gasteiger partial charge >= 0.3 is 6.18 Å². The molecule has 0 aliphatic heterocycles. The molecule has 1 aromatic carbocycles. The van der Waals surface area contributed by atoms with Gasteiger partial charge in [-0.05, 0) is 31.0 Å². The molecular formula is C18H18F3N5O. The monoisotopic (exact) mass is 377 g/mol. The van der Waals surface area contributed by atoms with E-state index in [4.69, 9.17) is 11.0 Å². The first kappa shape index (κ1) is 20.0. The molecule has 0 fully saturated rings. The second kappa shape index (κ2) is 8.40. The van der Waals surface area contributed by atoms with Gasteiger partial charge in [0.25, 0.3) is 0 Å². The Morgan fingerprint density at radius 2 is 2.22 bits per heavy atom. The van der Waals surface area contributed by atoms with Gasteiger partial charge in [0.1, 0.15) is 0 Å². The van der Waals surface area contributed by atoms with Crippen LogP contribution in [0.1, 0.15) is 24.0 Å². The van der Waals surface area contributed by atoms with Gasteiger partial charge in [0, 0.05) is 11.9 Å². The van der Waals surface area contributed by atoms with Gasteiger partial charge in [0.05, 0.1) is 41.5 Å². The summed E-state index contributed by atoms with van der Waals surface area (Å²) in [7, 11) is 0. The van der Waals surface area contributed by atoms with Gasteiger partial charge in [-0.25, -0.2) is 0 Å². The fraction of sp³-hybridized carbons (Fsp3) is 0.278. The number of nitrogens with zero attached hydrogens (tertiary/aromatic N) is 3. The Morgan fingerprint density at radius 3 is 2.78 bits per heavy atom. The van der Waals surface area contributed by atoms with E-state index in [9.17, 15) is 18.0 Å². The quantitative estimate of drug-likeness (QED) is 0.721. The van der Waals surface area contributed by atoms with Crippen LogP contribution in [0.5, 0.6) is 0 Å². The van der Waals surface area contributed by atoms with Crippen molar-refractivity contribution in [1.29, 1.82) is 5.26 Å². The Bertz CT molecular complexity index is 867. The van der Waals surface area contributed by atoms with Crippen LogP contribution in [0.25, 0.3) is 0 Å². The third-order valence-electron chi connectivity index (χ3n) is 3.86. The highest BCUT2D eigenvalue weighted by Gasteiger charge is 2.34. The predicted octanol–water partition coefficient (Wildman–Crippen LogP) is 3.58. The summed E-state index contributed by atoms with van der Waals surface area (Å²) in [5.41, 5.74) is 4.42. The maximum atomic E-state index is 13.1. The zero-order valence-electron chi connectivity index (χ0n) is 14.3. The van der Waals surface area contributed by atoms with Crippen LogP contribution in [0, 0.1) is 17.2 Å². The van der Waals surface area contributed by atoms with Gasteiger partial charge in [-0.15, -0.1) is 6.58 Å². The number of carbonyl (C=O) groups is 1. The number of nitrogens with one attached hydrogen (secondary N) is 1. The lowest BCUT2D eigenvalue weighted by Gasteiger charge is -2.17. The molecule has 0 aliphatic carbocycles. The maximum absolute atomic E-state index is 13.1. The van der Waals surface area contributed by atoms with E-state index in [2.05, 4.69) is 17.0 Å². The summed E-state index contributed by atoms with van der Waals surface area (Å²) >= 11 is 0. The van der Waals surface area contributed by atoms with Crippen molar-refractivity contribution in [2.24, 2.45) is 5.92 Å². The smallest absolute Gasteiger partial charge is 0.396 e. The van der Waals surface area contributed by atoms with Crippen molar-refractivity contribution in [3.63, 3.8) is 0 Å². The van der Waals surface area contributed by atoms with Gasteiger partial charge in [0.2, 0.25) is 5.91 Å². The number of benzene rings is 1. The Hall–Kier alpha value is -3.28. The number of hydrogen-bond donors (Lipinski definition) is 2. The molecule has 6 nitrogen and oxygen atoms in total. The molecule has 142 valence electrons. The number of carbonyl (C=O) groups excluding carboxylic acids is 1. The van der Waals surface area contributed by atoms with Crippen molar-refractivity contribution < 1.29 is 18.0 Å². The second-order valence-electron chi connectivity index (χ2n) is 5.92. The summed E-state index contributed by atoms with van der Waals surface area (Å²) in [4.78, 5) is 12.6. The molecule has 1 heterocycles. The molecule has 3 N–H and O–H groups in total. The van der Waals surface area contributed by atoms with Crippen molar-refractivity contribution in [3.8, 4) is 6.07 Å². The van der Waals surface area contributed by atoms with Gasteiger partial charge in [-0.3, -0.25) is 9.48 Å². The molecule has 0 spiro atoms. The second-order valence-corrected chi connectivity index (χ2v) is 5.92. The van der Waals surface area contributed by atoms with E-state index in [-0.39, 0.29) is 12.2 Å². The van der Waals surface area contributed by atoms with E-state index in [0.717, 1.165) is 12.1 Å². The minimum absolute atomic E-state index is 0.0325. The summed E-state index contributed by atoms with van der Waals surface area (Å²) in [6.07, 6.45) is 0.964. The fourth-order valence-corrected chi connectivity index (χ4v) is 2.53. The highest BCUT2D eigenvalue weighted by molar-refractivity contribution is 5.92. The van der Waals surface area contributed by atoms with Crippen molar-refractivity contribution in [2.75, 3.05) is 11.1 Å². The predicted molar refractivity (Wildman–Crippen MR) is 94.3 cm³/mol. The van der Waals surface area contributed by atoms with Crippen LogP contribution in [0.15, 0.2) is 43.2 Å². The molecular weight excluding hydrogens is 359 g/mol. The summed E-state index contributed by atoms with van der Waals surface area (Å²) in [6.45, 7) is 3.84. The number of allylic oxidation sites excluding steroid dienone is 1. The fourth-order valence-electron chi connectivity index (χ4n) is 2.53. The van der Waals surface area contributed by atoms with Gasteiger partial charge < -0.3 is 11.1 Å². The molecule has 0 saturated carbocycles. The van der Waals surface area contributed by atoms with Gasteiger partial charge in [0.15, 0.2) is 0 Å². The zero-order valence-corrected chi connectivity index (χ0v) is 14.3. The SMILES string of the molecule is C=CCCC(Cn1cc(N)cn1)C(=O)Nc1ccc(C#N)c(C(F)(F)F)c1. The van der Waals surface area contributed by atoms with E-state index in [1.54, 1.807) is 12.3 Å². The standard InChI is InChI=1S/C18H18F3N5O/c1-2-3-4-13(10-26-11-14(23)9-24-26)17(27)25-15-6-5-12(8-22)16(7-15)18(19,20)21/h2,5-7,9,11,13H,1,3-4,10,23H2,(H,25,27). The van der Waals surface area contributed by atoms with Crippen LogP contribution >= 0.6 is 0 Å². The molecule has 1 aromatic heterocycles. The maximum Gasteiger partial charge on any atom is 0.417 e. The van der Waals surface area contributed by atoms with Crippen LogP contribution in [0.3, 0.4) is 0 Å². The minimum atomic E-state index is -4.69. The lowest BCUT2D eigenvalue weighted by molar-refractivity contribution is -0.137. The average molecular weight is 377 g/mol. The molecule has 2 aromatic rings. The first-order valence-electron chi connectivity index (χ1n) is 8.05. The van der Waals surface area contributed by atoms with Crippen LogP contribution in [0.4, 0.5) is 24.5 Å². The summed E-state index contributed by atoms with van der Waals surface area (Å²) in [5.74, 6) is -1.00. The molecule has 1 amide bonds. The van der Waals surface area contributed by atoms with Crippen LogP contribution in [-0.2, 0) is 17.5 Å². The number of rotatable bonds is 7. The van der Waals surface area contributed by atoms with Crippen molar-refractivity contribution >= 4 is 17.3 Å². The normalized spacial score (nSPS) is 12.2. The molecule has 2 rings (SSSR count). The number of amides is 1. The molecule has 0 aliphatic rings. The third kappa shape index (κ3) is 5.34. The van der Waals surface area contributed by atoms with Crippen LogP contribution in [0.2, 0.25) is 0 Å². The largest absolute Gasteiger partial charge is 0.417 e. The molecule has 0 saturated heterocycles. The first-order chi connectivity index (χ1) is 12.7. The highest BCUT2D eigenvalue weighted by Crippen LogP contribution is 2.33. The Morgan fingerprint density at radius 1 is 1.48 bits per heavy atom. The number of nitriles is 1. The van der Waals surface area contributed by atoms with Gasteiger partial charge in [-0.2, -0.15) is 23.5 Å². The number of hydrogen-bond acceptors (Lipinski definition) is 4. The van der Waals surface area contributed by atoms with Crippen LogP contribution in [-0.4, -0.2) is 15.7 Å². The molecule has 1 atom stereocenters. The molecule has 0 bridgehead atoms. The van der Waals surface area contributed by atoms with Gasteiger partial charge in [-0.1, -0.05) is 6.08 Å². The number of halogens is 3. The van der Waals surface area contributed by atoms with E-state index in [0.29, 0.717) is 18.5 Å². The number of nitrogens with two attached hydrogens (primary N) is 1.